The molecule has 5 heteroatoms. The summed E-state index contributed by atoms with van der Waals surface area (Å²) in [6.07, 6.45) is 0. The van der Waals surface area contributed by atoms with Crippen LogP contribution < -0.4 is 5.32 Å². The summed E-state index contributed by atoms with van der Waals surface area (Å²) in [4.78, 5) is 28.0. The number of nitrogens with zero attached hydrogens (tertiary/aromatic N) is 1. The van der Waals surface area contributed by atoms with Crippen molar-refractivity contribution < 1.29 is 14.0 Å². The lowest BCUT2D eigenvalue weighted by Crippen LogP contribution is -2.32. The molecule has 3 aromatic rings. The predicted molar refractivity (Wildman–Crippen MR) is 129 cm³/mol. The number of hydrogen-bond acceptors (Lipinski definition) is 3. The van der Waals surface area contributed by atoms with E-state index < -0.39 is 17.6 Å². The first-order valence-corrected chi connectivity index (χ1v) is 10.9. The molecule has 1 N–H and O–H groups in total. The van der Waals surface area contributed by atoms with Crippen LogP contribution in [0, 0.1) is 12.7 Å². The summed E-state index contributed by atoms with van der Waals surface area (Å²) in [5.41, 5.74) is 4.76. The van der Waals surface area contributed by atoms with Crippen molar-refractivity contribution in [2.45, 2.75) is 39.7 Å². The number of rotatable bonds is 5. The van der Waals surface area contributed by atoms with Crippen molar-refractivity contribution >= 4 is 23.1 Å². The van der Waals surface area contributed by atoms with E-state index in [0.717, 1.165) is 16.7 Å². The van der Waals surface area contributed by atoms with Crippen molar-refractivity contribution in [2.75, 3.05) is 5.32 Å². The van der Waals surface area contributed by atoms with Crippen LogP contribution in [-0.4, -0.2) is 16.7 Å². The van der Waals surface area contributed by atoms with Gasteiger partial charge in [-0.25, -0.2) is 4.39 Å². The average molecular weight is 443 g/mol. The number of carbonyl (C=O) groups excluding carboxylic acids is 2. The fraction of sp³-hybridized carbons (Fsp3) is 0.214. The molecule has 0 radical (unpaired) electrons. The standard InChI is InChI=1S/C28H27FN2O2/c1-18-5-7-19(8-6-18)17-31-26(32)24(20-9-13-22(29)14-10-20)25(27(31)33)30-23-15-11-21(12-16-23)28(2,3)4/h5-16,30H,17H2,1-4H3. The molecule has 0 aromatic heterocycles. The molecule has 0 aliphatic carbocycles. The summed E-state index contributed by atoms with van der Waals surface area (Å²) < 4.78 is 13.5. The van der Waals surface area contributed by atoms with Gasteiger partial charge in [0.25, 0.3) is 11.8 Å². The molecule has 2 amide bonds. The summed E-state index contributed by atoms with van der Waals surface area (Å²) in [5, 5.41) is 3.16. The van der Waals surface area contributed by atoms with Crippen molar-refractivity contribution in [2.24, 2.45) is 0 Å². The summed E-state index contributed by atoms with van der Waals surface area (Å²) in [5.74, 6) is -1.21. The highest BCUT2D eigenvalue weighted by Gasteiger charge is 2.39. The van der Waals surface area contributed by atoms with Crippen LogP contribution in [0.15, 0.2) is 78.5 Å². The molecule has 0 spiro atoms. The molecule has 1 aliphatic rings. The minimum Gasteiger partial charge on any atom is -0.350 e. The molecular weight excluding hydrogens is 415 g/mol. The quantitative estimate of drug-likeness (QED) is 0.506. The van der Waals surface area contributed by atoms with E-state index in [9.17, 15) is 14.0 Å². The largest absolute Gasteiger partial charge is 0.350 e. The Morgan fingerprint density at radius 2 is 1.42 bits per heavy atom. The van der Waals surface area contributed by atoms with E-state index in [1.54, 1.807) is 0 Å². The van der Waals surface area contributed by atoms with Gasteiger partial charge >= 0.3 is 0 Å². The van der Waals surface area contributed by atoms with Gasteiger partial charge < -0.3 is 5.32 Å². The maximum atomic E-state index is 13.5. The maximum absolute atomic E-state index is 13.5. The van der Waals surface area contributed by atoms with Crippen molar-refractivity contribution in [3.63, 3.8) is 0 Å². The van der Waals surface area contributed by atoms with Crippen LogP contribution in [0.2, 0.25) is 0 Å². The number of halogens is 1. The number of hydrogen-bond donors (Lipinski definition) is 1. The van der Waals surface area contributed by atoms with E-state index in [-0.39, 0.29) is 23.2 Å². The number of carbonyl (C=O) groups is 2. The summed E-state index contributed by atoms with van der Waals surface area (Å²) in [6, 6.07) is 21.1. The van der Waals surface area contributed by atoms with Gasteiger partial charge in [-0.05, 0) is 53.3 Å². The van der Waals surface area contributed by atoms with Gasteiger partial charge in [-0.15, -0.1) is 0 Å². The molecule has 1 heterocycles. The lowest BCUT2D eigenvalue weighted by atomic mass is 9.87. The Bertz CT molecular complexity index is 1220. The van der Waals surface area contributed by atoms with Crippen molar-refractivity contribution in [1.29, 1.82) is 0 Å². The molecule has 4 rings (SSSR count). The minimum absolute atomic E-state index is 0.00104. The van der Waals surface area contributed by atoms with Gasteiger partial charge in [0, 0.05) is 5.69 Å². The molecule has 0 fully saturated rings. The molecule has 1 aliphatic heterocycles. The van der Waals surface area contributed by atoms with Gasteiger partial charge in [-0.2, -0.15) is 0 Å². The zero-order chi connectivity index (χ0) is 23.8. The van der Waals surface area contributed by atoms with Crippen LogP contribution >= 0.6 is 0 Å². The molecule has 168 valence electrons. The Kier molecular flexibility index (Phi) is 5.90. The Morgan fingerprint density at radius 1 is 0.818 bits per heavy atom. The van der Waals surface area contributed by atoms with Gasteiger partial charge in [0.2, 0.25) is 0 Å². The zero-order valence-electron chi connectivity index (χ0n) is 19.3. The number of anilines is 1. The first kappa shape index (κ1) is 22.5. The highest BCUT2D eigenvalue weighted by Crippen LogP contribution is 2.32. The first-order valence-electron chi connectivity index (χ1n) is 10.9. The molecule has 4 nitrogen and oxygen atoms in total. The van der Waals surface area contributed by atoms with Crippen LogP contribution in [0.3, 0.4) is 0 Å². The number of nitrogens with one attached hydrogen (secondary N) is 1. The number of benzene rings is 3. The van der Waals surface area contributed by atoms with Crippen molar-refractivity contribution in [1.82, 2.24) is 4.90 Å². The molecule has 3 aromatic carbocycles. The van der Waals surface area contributed by atoms with E-state index in [0.29, 0.717) is 11.3 Å². The number of amides is 2. The highest BCUT2D eigenvalue weighted by molar-refractivity contribution is 6.36. The van der Waals surface area contributed by atoms with E-state index in [2.05, 4.69) is 26.1 Å². The molecule has 0 atom stereocenters. The van der Waals surface area contributed by atoms with E-state index in [1.807, 2.05) is 55.5 Å². The topological polar surface area (TPSA) is 49.4 Å². The van der Waals surface area contributed by atoms with E-state index >= 15 is 0 Å². The number of aryl methyl sites for hydroxylation is 1. The van der Waals surface area contributed by atoms with Gasteiger partial charge in [0.15, 0.2) is 0 Å². The molecule has 0 unspecified atom stereocenters. The molecule has 0 saturated heterocycles. The van der Waals surface area contributed by atoms with Crippen LogP contribution in [0.25, 0.3) is 5.57 Å². The zero-order valence-corrected chi connectivity index (χ0v) is 19.3. The normalized spacial score (nSPS) is 14.3. The van der Waals surface area contributed by atoms with Gasteiger partial charge in [-0.1, -0.05) is 74.9 Å². The first-order chi connectivity index (χ1) is 15.6. The third-order valence-electron chi connectivity index (χ3n) is 5.78. The predicted octanol–water partition coefficient (Wildman–Crippen LogP) is 5.82. The Balaban J connectivity index is 1.70. The Labute approximate surface area is 193 Å². The second-order valence-corrected chi connectivity index (χ2v) is 9.39. The van der Waals surface area contributed by atoms with Crippen LogP contribution in [0.4, 0.5) is 10.1 Å². The second-order valence-electron chi connectivity index (χ2n) is 9.39. The highest BCUT2D eigenvalue weighted by atomic mass is 19.1. The SMILES string of the molecule is Cc1ccc(CN2C(=O)C(Nc3ccc(C(C)(C)C)cc3)=C(c3ccc(F)cc3)C2=O)cc1. The Hall–Kier alpha value is -3.73. The average Bonchev–Trinajstić information content (AvgIpc) is 3.00. The molecule has 0 saturated carbocycles. The lowest BCUT2D eigenvalue weighted by molar-refractivity contribution is -0.137. The molecule has 33 heavy (non-hydrogen) atoms. The van der Waals surface area contributed by atoms with Gasteiger partial charge in [-0.3, -0.25) is 14.5 Å². The summed E-state index contributed by atoms with van der Waals surface area (Å²) >= 11 is 0. The fourth-order valence-corrected chi connectivity index (χ4v) is 3.79. The monoisotopic (exact) mass is 442 g/mol. The van der Waals surface area contributed by atoms with E-state index in [4.69, 9.17) is 0 Å². The summed E-state index contributed by atoms with van der Waals surface area (Å²) in [7, 11) is 0. The maximum Gasteiger partial charge on any atom is 0.278 e. The minimum atomic E-state index is -0.403. The fourth-order valence-electron chi connectivity index (χ4n) is 3.79. The number of imide groups is 1. The van der Waals surface area contributed by atoms with Crippen LogP contribution in [-0.2, 0) is 21.5 Å². The van der Waals surface area contributed by atoms with Crippen LogP contribution in [0.1, 0.15) is 43.0 Å². The molecular formula is C28H27FN2O2. The molecule has 0 bridgehead atoms. The second kappa shape index (κ2) is 8.66. The smallest absolute Gasteiger partial charge is 0.278 e. The van der Waals surface area contributed by atoms with Gasteiger partial charge in [0.1, 0.15) is 11.5 Å². The van der Waals surface area contributed by atoms with Crippen LogP contribution in [0.5, 0.6) is 0 Å². The third-order valence-corrected chi connectivity index (χ3v) is 5.78. The lowest BCUT2D eigenvalue weighted by Gasteiger charge is -2.19. The third kappa shape index (κ3) is 4.72. The van der Waals surface area contributed by atoms with Crippen molar-refractivity contribution in [3.05, 3.63) is 107 Å². The summed E-state index contributed by atoms with van der Waals surface area (Å²) in [6.45, 7) is 8.54. The van der Waals surface area contributed by atoms with Crippen molar-refractivity contribution in [3.8, 4) is 0 Å². The van der Waals surface area contributed by atoms with E-state index in [1.165, 1.54) is 29.2 Å². The van der Waals surface area contributed by atoms with Gasteiger partial charge in [0.05, 0.1) is 12.1 Å². The Morgan fingerprint density at radius 3 is 2.00 bits per heavy atom.